The minimum atomic E-state index is -2.14. The van der Waals surface area contributed by atoms with E-state index in [1.807, 2.05) is 32.0 Å². The van der Waals surface area contributed by atoms with Crippen LogP contribution in [0.1, 0.15) is 18.3 Å². The first kappa shape index (κ1) is 20.0. The third-order valence-electron chi connectivity index (χ3n) is 4.16. The van der Waals surface area contributed by atoms with E-state index in [2.05, 4.69) is 4.98 Å². The van der Waals surface area contributed by atoms with Crippen LogP contribution < -0.4 is 9.04 Å². The van der Waals surface area contributed by atoms with E-state index in [0.717, 1.165) is 22.5 Å². The Morgan fingerprint density at radius 3 is 2.29 bits per heavy atom. The highest BCUT2D eigenvalue weighted by molar-refractivity contribution is 7.80. The van der Waals surface area contributed by atoms with Crippen LogP contribution in [0.2, 0.25) is 0 Å². The molecule has 1 unspecified atom stereocenters. The molecule has 0 radical (unpaired) electrons. The van der Waals surface area contributed by atoms with Gasteiger partial charge in [-0.05, 0) is 80.9 Å². The molecule has 0 saturated carbocycles. The van der Waals surface area contributed by atoms with Crippen molar-refractivity contribution in [2.45, 2.75) is 20.8 Å². The lowest BCUT2D eigenvalue weighted by molar-refractivity contribution is 0.482. The van der Waals surface area contributed by atoms with Gasteiger partial charge < -0.3 is 4.74 Å². The molecule has 0 spiro atoms. The second-order valence-corrected chi connectivity index (χ2v) is 7.20. The van der Waals surface area contributed by atoms with E-state index in [9.17, 15) is 13.2 Å². The van der Waals surface area contributed by atoms with Crippen LogP contribution in [-0.4, -0.2) is 20.3 Å². The molecule has 2 aromatic carbocycles. The summed E-state index contributed by atoms with van der Waals surface area (Å²) < 4.78 is 41.8. The lowest BCUT2D eigenvalue weighted by Crippen LogP contribution is -2.24. The van der Waals surface area contributed by atoms with E-state index in [1.54, 1.807) is 31.2 Å². The second-order valence-electron chi connectivity index (χ2n) is 6.30. The van der Waals surface area contributed by atoms with Gasteiger partial charge in [-0.25, -0.2) is 8.60 Å². The summed E-state index contributed by atoms with van der Waals surface area (Å²) in [5.74, 6) is 0.712. The van der Waals surface area contributed by atoms with Crippen LogP contribution in [0.25, 0.3) is 11.1 Å². The van der Waals surface area contributed by atoms with Crippen molar-refractivity contribution in [3.8, 4) is 22.6 Å². The Bertz CT molecular complexity index is 989. The number of hydrogen-bond acceptors (Lipinski definition) is 3. The minimum Gasteiger partial charge on any atom is -0.457 e. The number of anilines is 1. The number of benzene rings is 2. The van der Waals surface area contributed by atoms with Gasteiger partial charge in [-0.2, -0.15) is 0 Å². The molecule has 0 fully saturated rings. The highest BCUT2D eigenvalue weighted by atomic mass is 32.2. The highest BCUT2D eigenvalue weighted by Crippen LogP contribution is 2.37. The van der Waals surface area contributed by atoms with Crippen molar-refractivity contribution < 1.29 is 17.9 Å². The first-order valence-corrected chi connectivity index (χ1v) is 9.85. The van der Waals surface area contributed by atoms with Crippen molar-refractivity contribution in [2.24, 2.45) is 0 Å². The summed E-state index contributed by atoms with van der Waals surface area (Å²) in [5, 5.41) is 0. The first-order valence-electron chi connectivity index (χ1n) is 8.79. The molecule has 0 aliphatic carbocycles. The number of hydrogen-bond donors (Lipinski definition) is 1. The standard InChI is InChI=1S/C21H21FN2O3S/c1-4-24(28(25)26)18-7-10-21(27-19-8-5-17(22)6-9-19)20(13-18)16-11-14(2)23-15(3)12-16/h5-13H,4H2,1-3H3,(H,25,26). The van der Waals surface area contributed by atoms with Gasteiger partial charge in [0.05, 0.1) is 5.69 Å². The molecule has 0 saturated heterocycles. The van der Waals surface area contributed by atoms with Crippen LogP contribution in [0.4, 0.5) is 10.1 Å². The maximum absolute atomic E-state index is 13.2. The van der Waals surface area contributed by atoms with Crippen molar-refractivity contribution in [2.75, 3.05) is 10.8 Å². The third-order valence-corrected chi connectivity index (χ3v) is 5.01. The van der Waals surface area contributed by atoms with Gasteiger partial charge in [-0.15, -0.1) is 0 Å². The zero-order valence-corrected chi connectivity index (χ0v) is 16.7. The number of rotatable bonds is 6. The summed E-state index contributed by atoms with van der Waals surface area (Å²) in [7, 11) is 0. The van der Waals surface area contributed by atoms with Gasteiger partial charge in [0.15, 0.2) is 0 Å². The van der Waals surface area contributed by atoms with E-state index in [-0.39, 0.29) is 5.82 Å². The van der Waals surface area contributed by atoms with Crippen LogP contribution in [-0.2, 0) is 11.3 Å². The molecule has 3 rings (SSSR count). The van der Waals surface area contributed by atoms with Crippen LogP contribution in [0.5, 0.6) is 11.5 Å². The van der Waals surface area contributed by atoms with E-state index < -0.39 is 11.3 Å². The molecule has 0 aliphatic rings. The maximum atomic E-state index is 13.2. The van der Waals surface area contributed by atoms with Gasteiger partial charge >= 0.3 is 0 Å². The van der Waals surface area contributed by atoms with E-state index in [0.29, 0.717) is 23.7 Å². The van der Waals surface area contributed by atoms with Gasteiger partial charge in [-0.1, -0.05) is 0 Å². The second kappa shape index (κ2) is 8.50. The summed E-state index contributed by atoms with van der Waals surface area (Å²) in [5.41, 5.74) is 3.93. The third kappa shape index (κ3) is 4.55. The Labute approximate surface area is 166 Å². The van der Waals surface area contributed by atoms with Crippen molar-refractivity contribution in [1.82, 2.24) is 4.98 Å². The van der Waals surface area contributed by atoms with Crippen LogP contribution >= 0.6 is 0 Å². The van der Waals surface area contributed by atoms with Crippen LogP contribution in [0, 0.1) is 19.7 Å². The predicted molar refractivity (Wildman–Crippen MR) is 109 cm³/mol. The Morgan fingerprint density at radius 1 is 1.07 bits per heavy atom. The van der Waals surface area contributed by atoms with E-state index in [1.165, 1.54) is 16.4 Å². The van der Waals surface area contributed by atoms with Gasteiger partial charge in [0.25, 0.3) is 11.3 Å². The Kier molecular flexibility index (Phi) is 6.06. The minimum absolute atomic E-state index is 0.340. The molecule has 1 atom stereocenters. The molecule has 0 amide bonds. The van der Waals surface area contributed by atoms with E-state index >= 15 is 0 Å². The summed E-state index contributed by atoms with van der Waals surface area (Å²) in [6, 6.07) is 14.9. The Hall–Kier alpha value is -2.77. The lowest BCUT2D eigenvalue weighted by atomic mass is 10.0. The van der Waals surface area contributed by atoms with Gasteiger partial charge in [0, 0.05) is 23.5 Å². The summed E-state index contributed by atoms with van der Waals surface area (Å²) in [6.07, 6.45) is 0. The summed E-state index contributed by atoms with van der Waals surface area (Å²) in [6.45, 7) is 5.98. The van der Waals surface area contributed by atoms with Crippen molar-refractivity contribution in [3.05, 3.63) is 71.8 Å². The quantitative estimate of drug-likeness (QED) is 0.573. The zero-order valence-electron chi connectivity index (χ0n) is 15.8. The average molecular weight is 400 g/mol. The number of ether oxygens (including phenoxy) is 1. The van der Waals surface area contributed by atoms with E-state index in [4.69, 9.17) is 4.74 Å². The molecule has 28 heavy (non-hydrogen) atoms. The molecular weight excluding hydrogens is 379 g/mol. The van der Waals surface area contributed by atoms with Crippen molar-refractivity contribution in [1.29, 1.82) is 0 Å². The van der Waals surface area contributed by atoms with Crippen LogP contribution in [0.15, 0.2) is 54.6 Å². The number of halogens is 1. The average Bonchev–Trinajstić information content (AvgIpc) is 2.64. The SMILES string of the molecule is CCN(c1ccc(Oc2ccc(F)cc2)c(-c2cc(C)nc(C)c2)c1)S(=O)O. The summed E-state index contributed by atoms with van der Waals surface area (Å²) >= 11 is -2.14. The number of aryl methyl sites for hydroxylation is 2. The number of pyridine rings is 1. The fourth-order valence-corrected chi connectivity index (χ4v) is 3.51. The van der Waals surface area contributed by atoms with Gasteiger partial charge in [0.2, 0.25) is 0 Å². The normalized spacial score (nSPS) is 11.9. The molecule has 1 aromatic heterocycles. The topological polar surface area (TPSA) is 62.7 Å². The van der Waals surface area contributed by atoms with Crippen molar-refractivity contribution in [3.63, 3.8) is 0 Å². The molecule has 7 heteroatoms. The molecule has 5 nitrogen and oxygen atoms in total. The smallest absolute Gasteiger partial charge is 0.261 e. The molecule has 146 valence electrons. The van der Waals surface area contributed by atoms with Gasteiger partial charge in [0.1, 0.15) is 17.3 Å². The predicted octanol–water partition coefficient (Wildman–Crippen LogP) is 5.26. The fourth-order valence-electron chi connectivity index (χ4n) is 2.99. The number of nitrogens with zero attached hydrogens (tertiary/aromatic N) is 2. The summed E-state index contributed by atoms with van der Waals surface area (Å²) in [4.78, 5) is 4.40. The monoisotopic (exact) mass is 400 g/mol. The lowest BCUT2D eigenvalue weighted by Gasteiger charge is -2.20. The Morgan fingerprint density at radius 2 is 1.71 bits per heavy atom. The molecule has 3 aromatic rings. The molecule has 0 aliphatic heterocycles. The highest BCUT2D eigenvalue weighted by Gasteiger charge is 2.16. The van der Waals surface area contributed by atoms with Crippen LogP contribution in [0.3, 0.4) is 0 Å². The number of aromatic nitrogens is 1. The molecule has 1 heterocycles. The molecule has 1 N–H and O–H groups in total. The zero-order chi connectivity index (χ0) is 20.3. The fraction of sp³-hybridized carbons (Fsp3) is 0.190. The molecular formula is C21H21FN2O3S. The first-order chi connectivity index (χ1) is 13.4. The van der Waals surface area contributed by atoms with Gasteiger partial charge in [-0.3, -0.25) is 13.8 Å². The largest absolute Gasteiger partial charge is 0.457 e. The van der Waals surface area contributed by atoms with Crippen molar-refractivity contribution >= 4 is 17.0 Å². The molecule has 0 bridgehead atoms. The Balaban J connectivity index is 2.12. The maximum Gasteiger partial charge on any atom is 0.261 e.